The van der Waals surface area contributed by atoms with Crippen LogP contribution in [0.25, 0.3) is 11.2 Å². The Labute approximate surface area is 234 Å². The number of aromatic nitrogens is 4. The van der Waals surface area contributed by atoms with E-state index in [1.165, 1.54) is 0 Å². The molecule has 0 bridgehead atoms. The van der Waals surface area contributed by atoms with Gasteiger partial charge in [0.1, 0.15) is 6.10 Å². The minimum atomic E-state index is -0.354. The van der Waals surface area contributed by atoms with Crippen molar-refractivity contribution in [3.8, 4) is 0 Å². The number of likely N-dealkylation sites (tertiary alicyclic amines) is 2. The largest absolute Gasteiger partial charge is 0.444 e. The summed E-state index contributed by atoms with van der Waals surface area (Å²) in [6, 6.07) is 0.316. The van der Waals surface area contributed by atoms with Gasteiger partial charge in [-0.1, -0.05) is 6.08 Å². The molecule has 0 aliphatic carbocycles. The van der Waals surface area contributed by atoms with Gasteiger partial charge in [0.05, 0.1) is 19.0 Å². The number of aliphatic hydroxyl groups excluding tert-OH is 1. The second-order valence-electron chi connectivity index (χ2n) is 11.5. The Morgan fingerprint density at radius 2 is 1.85 bits per heavy atom. The van der Waals surface area contributed by atoms with Gasteiger partial charge in [-0.25, -0.2) is 9.78 Å². The van der Waals surface area contributed by atoms with E-state index in [0.717, 1.165) is 24.0 Å². The molecule has 3 aliphatic heterocycles. The second kappa shape index (κ2) is 12.0. The van der Waals surface area contributed by atoms with Gasteiger partial charge in [0, 0.05) is 63.8 Å². The molecule has 2 aromatic heterocycles. The van der Waals surface area contributed by atoms with Gasteiger partial charge >= 0.3 is 6.09 Å². The predicted molar refractivity (Wildman–Crippen MR) is 151 cm³/mol. The lowest BCUT2D eigenvalue weighted by Gasteiger charge is -2.36. The number of fused-ring (bicyclic) bond motifs is 1. The molecule has 13 heteroatoms. The topological polar surface area (TPSA) is 132 Å². The lowest BCUT2D eigenvalue weighted by Crippen LogP contribution is -2.51. The molecule has 3 aliphatic rings. The highest BCUT2D eigenvalue weighted by atomic mass is 16.6. The van der Waals surface area contributed by atoms with Crippen molar-refractivity contribution in [2.24, 2.45) is 0 Å². The van der Waals surface area contributed by atoms with Crippen molar-refractivity contribution in [2.75, 3.05) is 70.1 Å². The number of hydrogen-bond acceptors (Lipinski definition) is 10. The first kappa shape index (κ1) is 28.1. The van der Waals surface area contributed by atoms with Crippen LogP contribution in [-0.2, 0) is 9.53 Å². The fraction of sp³-hybridized carbons (Fsp3) is 0.667. The van der Waals surface area contributed by atoms with Crippen molar-refractivity contribution in [3.05, 3.63) is 18.5 Å². The highest BCUT2D eigenvalue weighted by Crippen LogP contribution is 2.28. The van der Waals surface area contributed by atoms with Crippen molar-refractivity contribution in [2.45, 2.75) is 57.4 Å². The monoisotopic (exact) mass is 555 g/mol. The number of carbonyl (C=O) groups is 2. The molecule has 2 amide bonds. The molecule has 218 valence electrons. The maximum atomic E-state index is 12.9. The van der Waals surface area contributed by atoms with Crippen LogP contribution in [0.15, 0.2) is 18.5 Å². The summed E-state index contributed by atoms with van der Waals surface area (Å²) < 4.78 is 7.79. The summed E-state index contributed by atoms with van der Waals surface area (Å²) in [7, 11) is 3.90. The van der Waals surface area contributed by atoms with Crippen LogP contribution in [0.4, 0.5) is 16.6 Å². The maximum Gasteiger partial charge on any atom is 0.410 e. The van der Waals surface area contributed by atoms with E-state index in [2.05, 4.69) is 24.1 Å². The Morgan fingerprint density at radius 3 is 2.52 bits per heavy atom. The zero-order valence-corrected chi connectivity index (χ0v) is 23.9. The SMILES string of the molecule is CC(C)n1cnc2c(NC3CCN(C(=O)O[C@H]4CCN(C(=O)/C=C/CN(C)C)C4)CC3)nc(N3CC(O)C3)nc21. The van der Waals surface area contributed by atoms with Crippen molar-refractivity contribution >= 4 is 34.9 Å². The summed E-state index contributed by atoms with van der Waals surface area (Å²) in [6.07, 6.45) is 6.42. The van der Waals surface area contributed by atoms with Crippen molar-refractivity contribution in [3.63, 3.8) is 0 Å². The molecule has 5 heterocycles. The molecule has 0 aromatic carbocycles. The Bertz CT molecular complexity index is 1230. The first-order chi connectivity index (χ1) is 19.2. The van der Waals surface area contributed by atoms with Crippen molar-refractivity contribution < 1.29 is 19.4 Å². The number of ether oxygens (including phenoxy) is 1. The molecule has 0 saturated carbocycles. The fourth-order valence-electron chi connectivity index (χ4n) is 5.25. The molecule has 0 spiro atoms. The van der Waals surface area contributed by atoms with Crippen LogP contribution >= 0.6 is 0 Å². The quantitative estimate of drug-likeness (QED) is 0.460. The molecular weight excluding hydrogens is 514 g/mol. The van der Waals surface area contributed by atoms with Gasteiger partial charge in [0.25, 0.3) is 0 Å². The van der Waals surface area contributed by atoms with Gasteiger partial charge in [0.2, 0.25) is 11.9 Å². The highest BCUT2D eigenvalue weighted by Gasteiger charge is 2.32. The zero-order chi connectivity index (χ0) is 28.4. The van der Waals surface area contributed by atoms with Gasteiger partial charge in [-0.15, -0.1) is 0 Å². The smallest absolute Gasteiger partial charge is 0.410 e. The van der Waals surface area contributed by atoms with E-state index in [0.29, 0.717) is 64.0 Å². The number of anilines is 2. The highest BCUT2D eigenvalue weighted by molar-refractivity contribution is 5.88. The van der Waals surface area contributed by atoms with Gasteiger partial charge in [-0.05, 0) is 40.8 Å². The number of rotatable bonds is 8. The summed E-state index contributed by atoms with van der Waals surface area (Å²) in [5, 5.41) is 13.3. The molecule has 1 atom stereocenters. The predicted octanol–water partition coefficient (Wildman–Crippen LogP) is 1.32. The van der Waals surface area contributed by atoms with E-state index < -0.39 is 0 Å². The molecule has 40 heavy (non-hydrogen) atoms. The van der Waals surface area contributed by atoms with Gasteiger partial charge < -0.3 is 39.3 Å². The van der Waals surface area contributed by atoms with Crippen LogP contribution in [0.1, 0.15) is 39.2 Å². The average Bonchev–Trinajstić information content (AvgIpc) is 3.54. The standard InChI is InChI=1S/C27H41N9O4/c1-18(2)36-17-28-23-24(30-26(31-25(23)36)35-14-20(37)15-35)29-19-7-11-33(12-8-19)27(39)40-21-9-13-34(16-21)22(38)6-5-10-32(3)4/h5-6,17-21,37H,7-16H2,1-4H3,(H,29,30,31)/b6-5+/t21-/m0/s1. The molecule has 2 N–H and O–H groups in total. The van der Waals surface area contributed by atoms with Crippen LogP contribution in [0.5, 0.6) is 0 Å². The lowest BCUT2D eigenvalue weighted by atomic mass is 10.1. The number of piperidine rings is 1. The number of carbonyl (C=O) groups excluding carboxylic acids is 2. The molecule has 2 aromatic rings. The number of nitrogens with zero attached hydrogens (tertiary/aromatic N) is 8. The number of amides is 2. The van der Waals surface area contributed by atoms with E-state index in [4.69, 9.17) is 14.7 Å². The lowest BCUT2D eigenvalue weighted by molar-refractivity contribution is -0.125. The summed E-state index contributed by atoms with van der Waals surface area (Å²) in [4.78, 5) is 46.8. The normalized spacial score (nSPS) is 20.8. The first-order valence-corrected chi connectivity index (χ1v) is 14.2. The third-order valence-corrected chi connectivity index (χ3v) is 7.66. The van der Waals surface area contributed by atoms with Crippen LogP contribution in [0.2, 0.25) is 0 Å². The average molecular weight is 556 g/mol. The first-order valence-electron chi connectivity index (χ1n) is 14.2. The van der Waals surface area contributed by atoms with Gasteiger partial charge in [-0.2, -0.15) is 9.97 Å². The number of imidazole rings is 1. The van der Waals surface area contributed by atoms with E-state index >= 15 is 0 Å². The van der Waals surface area contributed by atoms with E-state index in [1.54, 1.807) is 22.2 Å². The van der Waals surface area contributed by atoms with Crippen LogP contribution in [0, 0.1) is 0 Å². The zero-order valence-electron chi connectivity index (χ0n) is 23.9. The summed E-state index contributed by atoms with van der Waals surface area (Å²) in [6.45, 7) is 8.06. The third-order valence-electron chi connectivity index (χ3n) is 7.66. The number of likely N-dealkylation sites (N-methyl/N-ethyl adjacent to an activating group) is 1. The molecule has 0 unspecified atom stereocenters. The van der Waals surface area contributed by atoms with Crippen LogP contribution in [0.3, 0.4) is 0 Å². The number of aliphatic hydroxyl groups is 1. The van der Waals surface area contributed by atoms with Gasteiger partial charge in [0.15, 0.2) is 17.0 Å². The Morgan fingerprint density at radius 1 is 1.12 bits per heavy atom. The molecule has 0 radical (unpaired) electrons. The summed E-state index contributed by atoms with van der Waals surface area (Å²) >= 11 is 0. The number of nitrogens with one attached hydrogen (secondary N) is 1. The molecule has 5 rings (SSSR count). The number of β-amino-alcohol motifs (C(OH)–C–C–N with tert-alkyl or cyclic N) is 1. The Kier molecular flexibility index (Phi) is 8.40. The van der Waals surface area contributed by atoms with E-state index in [1.807, 2.05) is 34.5 Å². The maximum absolute atomic E-state index is 12.9. The van der Waals surface area contributed by atoms with Crippen molar-refractivity contribution in [1.82, 2.24) is 34.2 Å². The Hall–Kier alpha value is -3.45. The van der Waals surface area contributed by atoms with Crippen molar-refractivity contribution in [1.29, 1.82) is 0 Å². The van der Waals surface area contributed by atoms with Crippen LogP contribution in [-0.4, -0.2) is 129 Å². The van der Waals surface area contributed by atoms with E-state index in [-0.39, 0.29) is 36.3 Å². The van der Waals surface area contributed by atoms with E-state index in [9.17, 15) is 14.7 Å². The van der Waals surface area contributed by atoms with Gasteiger partial charge in [-0.3, -0.25) is 4.79 Å². The molecule has 3 saturated heterocycles. The fourth-order valence-corrected chi connectivity index (χ4v) is 5.25. The number of hydrogen-bond donors (Lipinski definition) is 2. The minimum absolute atomic E-state index is 0.0437. The molecular formula is C27H41N9O4. The summed E-state index contributed by atoms with van der Waals surface area (Å²) in [5.74, 6) is 1.22. The summed E-state index contributed by atoms with van der Waals surface area (Å²) in [5.41, 5.74) is 1.49. The molecule has 3 fully saturated rings. The Balaban J connectivity index is 1.15. The third kappa shape index (κ3) is 6.30. The minimum Gasteiger partial charge on any atom is -0.444 e. The second-order valence-corrected chi connectivity index (χ2v) is 11.5. The molecule has 13 nitrogen and oxygen atoms in total. The van der Waals surface area contributed by atoms with Crippen LogP contribution < -0.4 is 10.2 Å².